The summed E-state index contributed by atoms with van der Waals surface area (Å²) in [5.74, 6) is 1.42. The fraction of sp³-hybridized carbons (Fsp3) is 0.800. The monoisotopic (exact) mass is 227 g/mol. The molecule has 0 aromatic heterocycles. The van der Waals surface area contributed by atoms with E-state index in [1.165, 1.54) is 6.42 Å². The van der Waals surface area contributed by atoms with E-state index < -0.39 is 0 Å². The van der Waals surface area contributed by atoms with Crippen LogP contribution in [0.5, 0.6) is 0 Å². The first-order chi connectivity index (χ1) is 7.25. The number of rotatable bonds is 1. The fourth-order valence-electron chi connectivity index (χ4n) is 1.85. The average molecular weight is 227 g/mol. The lowest BCUT2D eigenvalue weighted by Crippen LogP contribution is -2.48. The fourth-order valence-corrected chi connectivity index (χ4v) is 2.75. The number of carbonyl (C=O) groups is 1. The molecule has 84 valence electrons. The number of nitrogens with one attached hydrogen (secondary N) is 1. The minimum Gasteiger partial charge on any atom is -0.360 e. The molecule has 15 heavy (non-hydrogen) atoms. The number of amides is 1. The van der Waals surface area contributed by atoms with Crippen molar-refractivity contribution in [2.45, 2.75) is 25.3 Å². The number of carbonyl (C=O) groups excluding carboxylic acids is 1. The molecule has 5 heteroatoms. The molecule has 1 saturated heterocycles. The van der Waals surface area contributed by atoms with E-state index in [-0.39, 0.29) is 5.91 Å². The van der Waals surface area contributed by atoms with Gasteiger partial charge in [0.25, 0.3) is 0 Å². The SMILES string of the molecule is CN1CC(NC2=NCCCS2)CCC1=O. The molecule has 4 nitrogen and oxygen atoms in total. The topological polar surface area (TPSA) is 44.7 Å². The molecule has 0 spiro atoms. The number of hydrogen-bond acceptors (Lipinski definition) is 4. The average Bonchev–Trinajstić information content (AvgIpc) is 2.25. The lowest BCUT2D eigenvalue weighted by molar-refractivity contribution is -0.132. The summed E-state index contributed by atoms with van der Waals surface area (Å²) in [6.45, 7) is 1.75. The van der Waals surface area contributed by atoms with E-state index in [1.807, 2.05) is 7.05 Å². The predicted molar refractivity (Wildman–Crippen MR) is 63.2 cm³/mol. The Labute approximate surface area is 94.5 Å². The Balaban J connectivity index is 1.84. The Kier molecular flexibility index (Phi) is 3.51. The van der Waals surface area contributed by atoms with Gasteiger partial charge in [0.05, 0.1) is 0 Å². The molecular weight excluding hydrogens is 210 g/mol. The van der Waals surface area contributed by atoms with E-state index in [9.17, 15) is 4.79 Å². The molecule has 0 aliphatic carbocycles. The second kappa shape index (κ2) is 4.88. The van der Waals surface area contributed by atoms with Crippen LogP contribution in [0.4, 0.5) is 0 Å². The second-order valence-electron chi connectivity index (χ2n) is 4.04. The van der Waals surface area contributed by atoms with Crippen LogP contribution in [0.1, 0.15) is 19.3 Å². The maximum atomic E-state index is 11.3. The number of thioether (sulfide) groups is 1. The Morgan fingerprint density at radius 1 is 1.60 bits per heavy atom. The van der Waals surface area contributed by atoms with Gasteiger partial charge in [-0.25, -0.2) is 0 Å². The normalized spacial score (nSPS) is 27.5. The Morgan fingerprint density at radius 2 is 2.47 bits per heavy atom. The molecule has 2 aliphatic heterocycles. The maximum absolute atomic E-state index is 11.3. The quantitative estimate of drug-likeness (QED) is 0.717. The zero-order valence-corrected chi connectivity index (χ0v) is 9.85. The van der Waals surface area contributed by atoms with Crippen molar-refractivity contribution in [1.82, 2.24) is 10.2 Å². The summed E-state index contributed by atoms with van der Waals surface area (Å²) in [4.78, 5) is 17.5. The zero-order chi connectivity index (χ0) is 10.7. The van der Waals surface area contributed by atoms with Gasteiger partial charge in [0.15, 0.2) is 5.17 Å². The Hall–Kier alpha value is -0.710. The molecule has 1 amide bonds. The van der Waals surface area contributed by atoms with Crippen molar-refractivity contribution in [1.29, 1.82) is 0 Å². The minimum atomic E-state index is 0.256. The smallest absolute Gasteiger partial charge is 0.222 e. The summed E-state index contributed by atoms with van der Waals surface area (Å²) >= 11 is 1.79. The Morgan fingerprint density at radius 3 is 3.13 bits per heavy atom. The minimum absolute atomic E-state index is 0.256. The van der Waals surface area contributed by atoms with E-state index in [0.717, 1.165) is 30.4 Å². The number of nitrogens with zero attached hydrogens (tertiary/aromatic N) is 2. The molecule has 1 fully saturated rings. The van der Waals surface area contributed by atoms with Crippen LogP contribution < -0.4 is 5.32 Å². The van der Waals surface area contributed by atoms with E-state index in [1.54, 1.807) is 16.7 Å². The Bertz CT molecular complexity index is 280. The van der Waals surface area contributed by atoms with Gasteiger partial charge in [-0.05, 0) is 12.8 Å². The third-order valence-electron chi connectivity index (χ3n) is 2.75. The first-order valence-corrected chi connectivity index (χ1v) is 6.42. The number of piperidine rings is 1. The number of aliphatic imine (C=N–C) groups is 1. The molecule has 0 aromatic rings. The van der Waals surface area contributed by atoms with Crippen LogP contribution in [0.25, 0.3) is 0 Å². The molecule has 0 saturated carbocycles. The van der Waals surface area contributed by atoms with Crippen molar-refractivity contribution < 1.29 is 4.79 Å². The summed E-state index contributed by atoms with van der Waals surface area (Å²) in [7, 11) is 1.87. The van der Waals surface area contributed by atoms with Gasteiger partial charge < -0.3 is 10.2 Å². The van der Waals surface area contributed by atoms with Crippen molar-refractivity contribution in [3.63, 3.8) is 0 Å². The molecule has 1 atom stereocenters. The number of likely N-dealkylation sites (N-methyl/N-ethyl adjacent to an activating group) is 1. The number of hydrogen-bond donors (Lipinski definition) is 1. The lowest BCUT2D eigenvalue weighted by atomic mass is 10.1. The highest BCUT2D eigenvalue weighted by atomic mass is 32.2. The summed E-state index contributed by atoms with van der Waals surface area (Å²) in [5, 5.41) is 4.49. The van der Waals surface area contributed by atoms with Gasteiger partial charge >= 0.3 is 0 Å². The molecular formula is C10H17N3OS. The molecule has 2 heterocycles. The van der Waals surface area contributed by atoms with Crippen LogP contribution >= 0.6 is 11.8 Å². The second-order valence-corrected chi connectivity index (χ2v) is 5.13. The summed E-state index contributed by atoms with van der Waals surface area (Å²) in [5.41, 5.74) is 0. The third kappa shape index (κ3) is 2.87. The van der Waals surface area contributed by atoms with Gasteiger partial charge in [0.1, 0.15) is 0 Å². The number of likely N-dealkylation sites (tertiary alicyclic amines) is 1. The van der Waals surface area contributed by atoms with Gasteiger partial charge in [-0.2, -0.15) is 0 Å². The maximum Gasteiger partial charge on any atom is 0.222 e. The molecule has 2 aliphatic rings. The molecule has 1 N–H and O–H groups in total. The van der Waals surface area contributed by atoms with Crippen molar-refractivity contribution in [3.8, 4) is 0 Å². The molecule has 0 bridgehead atoms. The summed E-state index contributed by atoms with van der Waals surface area (Å²) in [6, 6.07) is 0.386. The molecule has 0 radical (unpaired) electrons. The van der Waals surface area contributed by atoms with Crippen molar-refractivity contribution in [2.24, 2.45) is 4.99 Å². The summed E-state index contributed by atoms with van der Waals surface area (Å²) in [6.07, 6.45) is 2.77. The highest BCUT2D eigenvalue weighted by Gasteiger charge is 2.23. The van der Waals surface area contributed by atoms with Gasteiger partial charge in [-0.15, -0.1) is 0 Å². The van der Waals surface area contributed by atoms with Crippen LogP contribution in [0, 0.1) is 0 Å². The van der Waals surface area contributed by atoms with E-state index in [2.05, 4.69) is 10.3 Å². The van der Waals surface area contributed by atoms with E-state index in [4.69, 9.17) is 0 Å². The van der Waals surface area contributed by atoms with Crippen LogP contribution in [0.15, 0.2) is 4.99 Å². The summed E-state index contributed by atoms with van der Waals surface area (Å²) < 4.78 is 0. The van der Waals surface area contributed by atoms with Gasteiger partial charge in [0, 0.05) is 38.4 Å². The highest BCUT2D eigenvalue weighted by molar-refractivity contribution is 8.13. The van der Waals surface area contributed by atoms with Gasteiger partial charge in [-0.1, -0.05) is 11.8 Å². The predicted octanol–water partition coefficient (Wildman–Crippen LogP) is 0.690. The highest BCUT2D eigenvalue weighted by Crippen LogP contribution is 2.14. The largest absolute Gasteiger partial charge is 0.360 e. The first kappa shape index (κ1) is 10.8. The van der Waals surface area contributed by atoms with E-state index >= 15 is 0 Å². The first-order valence-electron chi connectivity index (χ1n) is 5.43. The standard InChI is InChI=1S/C10H17N3OS/c1-13-7-8(3-4-9(13)14)12-10-11-5-2-6-15-10/h8H,2-7H2,1H3,(H,11,12). The van der Waals surface area contributed by atoms with Crippen LogP contribution in [0.2, 0.25) is 0 Å². The number of amidine groups is 1. The van der Waals surface area contributed by atoms with Crippen molar-refractivity contribution in [2.75, 3.05) is 25.9 Å². The molecule has 0 aromatic carbocycles. The van der Waals surface area contributed by atoms with Gasteiger partial charge in [0.2, 0.25) is 5.91 Å². The lowest BCUT2D eigenvalue weighted by Gasteiger charge is -2.31. The third-order valence-corrected chi connectivity index (χ3v) is 3.76. The van der Waals surface area contributed by atoms with Crippen molar-refractivity contribution in [3.05, 3.63) is 0 Å². The zero-order valence-electron chi connectivity index (χ0n) is 9.03. The van der Waals surface area contributed by atoms with Crippen LogP contribution in [0.3, 0.4) is 0 Å². The van der Waals surface area contributed by atoms with Gasteiger partial charge in [-0.3, -0.25) is 9.79 Å². The van der Waals surface area contributed by atoms with Crippen molar-refractivity contribution >= 4 is 22.8 Å². The molecule has 1 unspecified atom stereocenters. The molecule has 2 rings (SSSR count). The van der Waals surface area contributed by atoms with Crippen LogP contribution in [-0.2, 0) is 4.79 Å². The van der Waals surface area contributed by atoms with E-state index in [0.29, 0.717) is 12.5 Å². The van der Waals surface area contributed by atoms with Crippen LogP contribution in [-0.4, -0.2) is 47.9 Å².